The van der Waals surface area contributed by atoms with Crippen molar-refractivity contribution in [3.05, 3.63) is 34.4 Å². The summed E-state index contributed by atoms with van der Waals surface area (Å²) in [5.41, 5.74) is 1.13. The van der Waals surface area contributed by atoms with Crippen molar-refractivity contribution < 1.29 is 9.72 Å². The summed E-state index contributed by atoms with van der Waals surface area (Å²) < 4.78 is 0. The minimum absolute atomic E-state index is 0.117. The third-order valence-corrected chi connectivity index (χ3v) is 4.52. The van der Waals surface area contributed by atoms with Gasteiger partial charge in [0.2, 0.25) is 0 Å². The topological polar surface area (TPSA) is 63.5 Å². The highest BCUT2D eigenvalue weighted by Gasteiger charge is 2.59. The molecule has 20 heavy (non-hydrogen) atoms. The maximum absolute atomic E-state index is 12.0. The Bertz CT molecular complexity index is 541. The number of rotatable bonds is 4. The number of fused-ring (bicyclic) bond motifs is 1. The van der Waals surface area contributed by atoms with E-state index in [0.717, 1.165) is 18.8 Å². The van der Waals surface area contributed by atoms with E-state index < -0.39 is 0 Å². The number of nitro groups is 1. The predicted octanol–water partition coefficient (Wildman–Crippen LogP) is 2.50. The Kier molecular flexibility index (Phi) is 3.00. The molecule has 5 heteroatoms. The van der Waals surface area contributed by atoms with E-state index in [0.29, 0.717) is 17.6 Å². The molecule has 1 aromatic carbocycles. The average Bonchev–Trinajstić information content (AvgIpc) is 2.91. The van der Waals surface area contributed by atoms with E-state index in [-0.39, 0.29) is 22.4 Å². The molecule has 2 aliphatic rings. The van der Waals surface area contributed by atoms with Gasteiger partial charge < -0.3 is 4.90 Å². The van der Waals surface area contributed by atoms with Crippen molar-refractivity contribution in [2.45, 2.75) is 13.8 Å². The van der Waals surface area contributed by atoms with Gasteiger partial charge in [-0.1, -0.05) is 13.8 Å². The van der Waals surface area contributed by atoms with E-state index in [1.54, 1.807) is 12.1 Å². The largest absolute Gasteiger partial charge is 0.371 e. The van der Waals surface area contributed by atoms with Gasteiger partial charge in [0.1, 0.15) is 5.78 Å². The molecule has 1 aliphatic heterocycles. The van der Waals surface area contributed by atoms with Crippen molar-refractivity contribution in [2.75, 3.05) is 18.0 Å². The Morgan fingerprint density at radius 2 is 1.80 bits per heavy atom. The molecular formula is C15H18N2O3. The lowest BCUT2D eigenvalue weighted by Gasteiger charge is -2.22. The van der Waals surface area contributed by atoms with Crippen LogP contribution in [0.2, 0.25) is 0 Å². The summed E-state index contributed by atoms with van der Waals surface area (Å²) in [6.45, 7) is 5.71. The highest BCUT2D eigenvalue weighted by atomic mass is 16.6. The van der Waals surface area contributed by atoms with Gasteiger partial charge in [-0.15, -0.1) is 0 Å². The molecule has 0 spiro atoms. The number of nitro benzene ring substituents is 1. The Balaban J connectivity index is 1.64. The van der Waals surface area contributed by atoms with Crippen molar-refractivity contribution in [2.24, 2.45) is 23.7 Å². The lowest BCUT2D eigenvalue weighted by atomic mass is 10.0. The second-order valence-electron chi connectivity index (χ2n) is 6.09. The molecule has 0 amide bonds. The zero-order valence-electron chi connectivity index (χ0n) is 11.7. The molecule has 1 aromatic rings. The standard InChI is InChI=1S/C15H18N2O3/c1-9(2)15(18)14-12-7-16(8-13(12)14)10-3-5-11(6-4-10)17(19)20/h3-6,9,12-14H,7-8H2,1-2H3. The van der Waals surface area contributed by atoms with Gasteiger partial charge in [0.15, 0.2) is 0 Å². The van der Waals surface area contributed by atoms with Gasteiger partial charge in [-0.3, -0.25) is 14.9 Å². The monoisotopic (exact) mass is 274 g/mol. The number of hydrogen-bond acceptors (Lipinski definition) is 4. The summed E-state index contributed by atoms with van der Waals surface area (Å²) >= 11 is 0. The van der Waals surface area contributed by atoms with Crippen molar-refractivity contribution in [1.29, 1.82) is 0 Å². The van der Waals surface area contributed by atoms with Crippen molar-refractivity contribution in [3.8, 4) is 0 Å². The number of hydrogen-bond donors (Lipinski definition) is 0. The maximum atomic E-state index is 12.0. The molecule has 1 aliphatic carbocycles. The number of ketones is 1. The van der Waals surface area contributed by atoms with Crippen LogP contribution in [-0.4, -0.2) is 23.8 Å². The first-order valence-electron chi connectivity index (χ1n) is 7.02. The highest BCUT2D eigenvalue weighted by molar-refractivity contribution is 5.86. The van der Waals surface area contributed by atoms with Crippen LogP contribution in [0.1, 0.15) is 13.8 Å². The van der Waals surface area contributed by atoms with Gasteiger partial charge in [-0.05, 0) is 24.0 Å². The molecule has 1 saturated heterocycles. The molecule has 1 saturated carbocycles. The summed E-state index contributed by atoms with van der Waals surface area (Å²) in [5, 5.41) is 10.6. The fraction of sp³-hybridized carbons (Fsp3) is 0.533. The van der Waals surface area contributed by atoms with Gasteiger partial charge in [0.25, 0.3) is 5.69 Å². The summed E-state index contributed by atoms with van der Waals surface area (Å²) in [6, 6.07) is 6.66. The van der Waals surface area contributed by atoms with Crippen LogP contribution < -0.4 is 4.90 Å². The quantitative estimate of drug-likeness (QED) is 0.625. The number of nitrogens with zero attached hydrogens (tertiary/aromatic N) is 2. The summed E-state index contributed by atoms with van der Waals surface area (Å²) in [6.07, 6.45) is 0. The van der Waals surface area contributed by atoms with Crippen LogP contribution in [0.3, 0.4) is 0 Å². The SMILES string of the molecule is CC(C)C(=O)C1C2CN(c3ccc([N+](=O)[O-])cc3)CC21. The zero-order valence-corrected chi connectivity index (χ0v) is 11.7. The normalized spacial score (nSPS) is 27.6. The van der Waals surface area contributed by atoms with E-state index in [4.69, 9.17) is 0 Å². The first-order chi connectivity index (χ1) is 9.49. The Hall–Kier alpha value is -1.91. The molecule has 2 atom stereocenters. The zero-order chi connectivity index (χ0) is 14.4. The van der Waals surface area contributed by atoms with Crippen molar-refractivity contribution >= 4 is 17.2 Å². The Morgan fingerprint density at radius 1 is 1.25 bits per heavy atom. The van der Waals surface area contributed by atoms with Gasteiger partial charge in [-0.2, -0.15) is 0 Å². The predicted molar refractivity (Wildman–Crippen MR) is 75.6 cm³/mol. The van der Waals surface area contributed by atoms with Gasteiger partial charge >= 0.3 is 0 Å². The van der Waals surface area contributed by atoms with E-state index in [2.05, 4.69) is 4.90 Å². The fourth-order valence-electron chi connectivity index (χ4n) is 3.33. The van der Waals surface area contributed by atoms with Crippen molar-refractivity contribution in [1.82, 2.24) is 0 Å². The van der Waals surface area contributed by atoms with Crippen LogP contribution in [0.4, 0.5) is 11.4 Å². The second kappa shape index (κ2) is 4.58. The van der Waals surface area contributed by atoms with E-state index in [1.165, 1.54) is 12.1 Å². The van der Waals surface area contributed by atoms with Crippen LogP contribution in [0.15, 0.2) is 24.3 Å². The maximum Gasteiger partial charge on any atom is 0.269 e. The molecular weight excluding hydrogens is 256 g/mol. The summed E-state index contributed by atoms with van der Waals surface area (Å²) in [4.78, 5) is 24.5. The number of anilines is 1. The van der Waals surface area contributed by atoms with Gasteiger partial charge in [0, 0.05) is 42.7 Å². The molecule has 1 heterocycles. The van der Waals surface area contributed by atoms with Crippen LogP contribution >= 0.6 is 0 Å². The number of piperidine rings is 1. The minimum Gasteiger partial charge on any atom is -0.371 e. The molecule has 106 valence electrons. The second-order valence-corrected chi connectivity index (χ2v) is 6.09. The molecule has 3 rings (SSSR count). The molecule has 0 N–H and O–H groups in total. The Morgan fingerprint density at radius 3 is 2.25 bits per heavy atom. The Labute approximate surface area is 117 Å². The third-order valence-electron chi connectivity index (χ3n) is 4.52. The van der Waals surface area contributed by atoms with Crippen molar-refractivity contribution in [3.63, 3.8) is 0 Å². The van der Waals surface area contributed by atoms with Crippen LogP contribution in [0.5, 0.6) is 0 Å². The van der Waals surface area contributed by atoms with E-state index in [1.807, 2.05) is 13.8 Å². The van der Waals surface area contributed by atoms with Gasteiger partial charge in [0.05, 0.1) is 4.92 Å². The number of carbonyl (C=O) groups excluding carboxylic acids is 1. The molecule has 0 radical (unpaired) electrons. The molecule has 2 fully saturated rings. The smallest absolute Gasteiger partial charge is 0.269 e. The first kappa shape index (κ1) is 13.1. The number of Topliss-reactive ketones (excluding diaryl/α,β-unsaturated/α-hetero) is 1. The lowest BCUT2D eigenvalue weighted by molar-refractivity contribution is -0.384. The van der Waals surface area contributed by atoms with Crippen LogP contribution in [0.25, 0.3) is 0 Å². The molecule has 2 unspecified atom stereocenters. The molecule has 0 bridgehead atoms. The molecule has 0 aromatic heterocycles. The fourth-order valence-corrected chi connectivity index (χ4v) is 3.33. The summed E-state index contributed by atoms with van der Waals surface area (Å²) in [7, 11) is 0. The highest BCUT2D eigenvalue weighted by Crippen LogP contribution is 2.53. The first-order valence-corrected chi connectivity index (χ1v) is 7.02. The number of non-ortho nitro benzene ring substituents is 1. The third kappa shape index (κ3) is 2.07. The number of benzene rings is 1. The summed E-state index contributed by atoms with van der Waals surface area (Å²) in [5.74, 6) is 1.74. The minimum atomic E-state index is -0.386. The van der Waals surface area contributed by atoms with E-state index in [9.17, 15) is 14.9 Å². The van der Waals surface area contributed by atoms with E-state index >= 15 is 0 Å². The lowest BCUT2D eigenvalue weighted by Crippen LogP contribution is -2.27. The molecule has 5 nitrogen and oxygen atoms in total. The van der Waals surface area contributed by atoms with Gasteiger partial charge in [-0.25, -0.2) is 0 Å². The van der Waals surface area contributed by atoms with Crippen LogP contribution in [-0.2, 0) is 4.79 Å². The number of carbonyl (C=O) groups is 1. The average molecular weight is 274 g/mol. The van der Waals surface area contributed by atoms with Crippen LogP contribution in [0, 0.1) is 33.8 Å².